The van der Waals surface area contributed by atoms with Gasteiger partial charge in [0, 0.05) is 12.8 Å². The van der Waals surface area contributed by atoms with Crippen LogP contribution in [0.3, 0.4) is 0 Å². The van der Waals surface area contributed by atoms with Gasteiger partial charge in [-0.2, -0.15) is 0 Å². The molecular formula is C22H32O2. The van der Waals surface area contributed by atoms with Gasteiger partial charge < -0.3 is 4.74 Å². The van der Waals surface area contributed by atoms with Crippen molar-refractivity contribution in [3.05, 3.63) is 0 Å². The summed E-state index contributed by atoms with van der Waals surface area (Å²) in [6.45, 7) is 5.45. The molecule has 0 aromatic rings. The first-order valence-electron chi connectivity index (χ1n) is 10.0. The number of carbonyl (C=O) groups is 1. The maximum atomic E-state index is 12.1. The third kappa shape index (κ3) is 2.38. The average Bonchev–Trinajstić information content (AvgIpc) is 2.95. The fourth-order valence-corrected chi connectivity index (χ4v) is 7.31. The maximum Gasteiger partial charge on any atom is 0.133 e. The Morgan fingerprint density at radius 2 is 2.04 bits per heavy atom. The first-order chi connectivity index (χ1) is 11.5. The van der Waals surface area contributed by atoms with E-state index in [-0.39, 0.29) is 6.10 Å². The number of terminal acetylenes is 1. The van der Waals surface area contributed by atoms with Crippen LogP contribution in [0.5, 0.6) is 0 Å². The van der Waals surface area contributed by atoms with Crippen LogP contribution in [0.25, 0.3) is 0 Å². The minimum atomic E-state index is 0.276. The molecule has 4 saturated carbocycles. The van der Waals surface area contributed by atoms with Gasteiger partial charge in [0.05, 0.1) is 6.10 Å². The quantitative estimate of drug-likeness (QED) is 0.692. The van der Waals surface area contributed by atoms with Gasteiger partial charge in [-0.05, 0) is 73.0 Å². The summed E-state index contributed by atoms with van der Waals surface area (Å²) >= 11 is 0. The topological polar surface area (TPSA) is 26.3 Å². The van der Waals surface area contributed by atoms with E-state index in [1.165, 1.54) is 32.1 Å². The van der Waals surface area contributed by atoms with Gasteiger partial charge in [0.25, 0.3) is 0 Å². The second-order valence-corrected chi connectivity index (χ2v) is 9.61. The Hall–Kier alpha value is -0.810. The zero-order chi connectivity index (χ0) is 16.9. The van der Waals surface area contributed by atoms with Gasteiger partial charge >= 0.3 is 0 Å². The van der Waals surface area contributed by atoms with E-state index in [0.29, 0.717) is 35.1 Å². The highest BCUT2D eigenvalue weighted by atomic mass is 16.5. The Balaban J connectivity index is 1.68. The first kappa shape index (κ1) is 16.6. The van der Waals surface area contributed by atoms with Crippen molar-refractivity contribution in [2.45, 2.75) is 77.7 Å². The first-order valence-corrected chi connectivity index (χ1v) is 10.0. The number of ether oxygens (including phenoxy) is 1. The van der Waals surface area contributed by atoms with Crippen LogP contribution >= 0.6 is 0 Å². The number of rotatable bonds is 2. The molecule has 4 fully saturated rings. The van der Waals surface area contributed by atoms with Gasteiger partial charge in [-0.15, -0.1) is 6.42 Å². The lowest BCUT2D eigenvalue weighted by Gasteiger charge is -2.61. The summed E-state index contributed by atoms with van der Waals surface area (Å²) in [7, 11) is 0. The van der Waals surface area contributed by atoms with Gasteiger partial charge in [0.15, 0.2) is 0 Å². The summed E-state index contributed by atoms with van der Waals surface area (Å²) in [5.41, 5.74) is 0.866. The molecule has 0 aromatic carbocycles. The van der Waals surface area contributed by atoms with Crippen molar-refractivity contribution in [1.82, 2.24) is 0 Å². The Morgan fingerprint density at radius 3 is 2.83 bits per heavy atom. The SMILES string of the molecule is C#CCOC1C[C@H]2CC(=O)CC[C@]2(C)[C@H]2CC[C@]3(C)CCC[C@H]3[C@H]12. The van der Waals surface area contributed by atoms with E-state index in [1.807, 2.05) is 0 Å². The number of fused-ring (bicyclic) bond motifs is 5. The van der Waals surface area contributed by atoms with Crippen molar-refractivity contribution < 1.29 is 9.53 Å². The predicted molar refractivity (Wildman–Crippen MR) is 95.3 cm³/mol. The average molecular weight is 328 g/mol. The number of ketones is 1. The Bertz CT molecular complexity index is 561. The van der Waals surface area contributed by atoms with Gasteiger partial charge in [0.1, 0.15) is 12.4 Å². The molecule has 0 radical (unpaired) electrons. The lowest BCUT2D eigenvalue weighted by Crippen LogP contribution is -2.58. The molecule has 0 aliphatic heterocycles. The maximum absolute atomic E-state index is 12.1. The van der Waals surface area contributed by atoms with Crippen LogP contribution in [-0.2, 0) is 9.53 Å². The lowest BCUT2D eigenvalue weighted by atomic mass is 9.44. The minimum absolute atomic E-state index is 0.276. The molecule has 132 valence electrons. The summed E-state index contributed by atoms with van der Waals surface area (Å²) in [5.74, 6) is 5.84. The van der Waals surface area contributed by atoms with Crippen LogP contribution in [-0.4, -0.2) is 18.5 Å². The van der Waals surface area contributed by atoms with Crippen LogP contribution in [0, 0.1) is 46.8 Å². The number of hydrogen-bond acceptors (Lipinski definition) is 2. The Morgan fingerprint density at radius 1 is 1.21 bits per heavy atom. The molecule has 24 heavy (non-hydrogen) atoms. The third-order valence-corrected chi connectivity index (χ3v) is 8.64. The highest BCUT2D eigenvalue weighted by molar-refractivity contribution is 5.79. The molecular weight excluding hydrogens is 296 g/mol. The van der Waals surface area contributed by atoms with Crippen LogP contribution in [0.4, 0.5) is 0 Å². The predicted octanol–water partition coefficient (Wildman–Crippen LogP) is 4.62. The van der Waals surface area contributed by atoms with E-state index in [1.54, 1.807) is 0 Å². The van der Waals surface area contributed by atoms with Gasteiger partial charge in [0.2, 0.25) is 0 Å². The fourth-order valence-electron chi connectivity index (χ4n) is 7.31. The second-order valence-electron chi connectivity index (χ2n) is 9.61. The zero-order valence-corrected chi connectivity index (χ0v) is 15.4. The highest BCUT2D eigenvalue weighted by Gasteiger charge is 2.60. The Labute approximate surface area is 147 Å². The highest BCUT2D eigenvalue weighted by Crippen LogP contribution is 2.66. The van der Waals surface area contributed by atoms with Crippen LogP contribution < -0.4 is 0 Å². The van der Waals surface area contributed by atoms with Crippen molar-refractivity contribution in [3.63, 3.8) is 0 Å². The monoisotopic (exact) mass is 328 g/mol. The molecule has 7 atom stereocenters. The van der Waals surface area contributed by atoms with E-state index in [0.717, 1.165) is 37.5 Å². The van der Waals surface area contributed by atoms with E-state index in [9.17, 15) is 4.79 Å². The van der Waals surface area contributed by atoms with Crippen molar-refractivity contribution >= 4 is 5.78 Å². The summed E-state index contributed by atoms with van der Waals surface area (Å²) in [5, 5.41) is 0. The largest absolute Gasteiger partial charge is 0.365 e. The summed E-state index contributed by atoms with van der Waals surface area (Å²) in [6.07, 6.45) is 16.3. The summed E-state index contributed by atoms with van der Waals surface area (Å²) in [6, 6.07) is 0. The second kappa shape index (κ2) is 5.87. The number of hydrogen-bond donors (Lipinski definition) is 0. The molecule has 0 amide bonds. The molecule has 4 aliphatic carbocycles. The Kier molecular flexibility index (Phi) is 4.07. The molecule has 0 bridgehead atoms. The lowest BCUT2D eigenvalue weighted by molar-refractivity contribution is -0.173. The molecule has 0 spiro atoms. The fraction of sp³-hybridized carbons (Fsp3) is 0.864. The molecule has 1 unspecified atom stereocenters. The molecule has 0 saturated heterocycles. The van der Waals surface area contributed by atoms with E-state index < -0.39 is 0 Å². The summed E-state index contributed by atoms with van der Waals surface area (Å²) in [4.78, 5) is 12.1. The minimum Gasteiger partial charge on any atom is -0.365 e. The molecule has 4 aliphatic rings. The van der Waals surface area contributed by atoms with Crippen molar-refractivity contribution in [1.29, 1.82) is 0 Å². The third-order valence-electron chi connectivity index (χ3n) is 8.64. The van der Waals surface area contributed by atoms with E-state index >= 15 is 0 Å². The van der Waals surface area contributed by atoms with Crippen molar-refractivity contribution in [2.75, 3.05) is 6.61 Å². The van der Waals surface area contributed by atoms with Crippen LogP contribution in [0.15, 0.2) is 0 Å². The summed E-state index contributed by atoms with van der Waals surface area (Å²) < 4.78 is 6.24. The van der Waals surface area contributed by atoms with Crippen molar-refractivity contribution in [2.24, 2.45) is 34.5 Å². The van der Waals surface area contributed by atoms with Crippen LogP contribution in [0.2, 0.25) is 0 Å². The van der Waals surface area contributed by atoms with Gasteiger partial charge in [-0.25, -0.2) is 0 Å². The molecule has 4 rings (SSSR count). The normalized spacial score (nSPS) is 50.5. The number of carbonyl (C=O) groups excluding carboxylic acids is 1. The molecule has 0 N–H and O–H groups in total. The standard InChI is InChI=1S/C22H32O2/c1-4-12-24-19-14-15-13-16(23)7-11-22(15,3)18-8-10-21(2)9-5-6-17(21)20(18)19/h1,15,17-20H,5-14H2,2-3H3/t15-,17+,18+,19?,20+,21+,22+/m1/s1. The molecule has 2 nitrogen and oxygen atoms in total. The van der Waals surface area contributed by atoms with Gasteiger partial charge in [-0.1, -0.05) is 26.2 Å². The van der Waals surface area contributed by atoms with Crippen molar-refractivity contribution in [3.8, 4) is 12.3 Å². The van der Waals surface area contributed by atoms with Gasteiger partial charge in [-0.3, -0.25) is 4.79 Å². The zero-order valence-electron chi connectivity index (χ0n) is 15.4. The molecule has 0 aromatic heterocycles. The van der Waals surface area contributed by atoms with Crippen LogP contribution in [0.1, 0.15) is 71.6 Å². The number of Topliss-reactive ketones (excluding diaryl/α,β-unsaturated/α-hetero) is 1. The molecule has 0 heterocycles. The smallest absolute Gasteiger partial charge is 0.133 e. The van der Waals surface area contributed by atoms with E-state index in [4.69, 9.17) is 11.2 Å². The van der Waals surface area contributed by atoms with E-state index in [2.05, 4.69) is 19.8 Å². The molecule has 2 heteroatoms.